The number of benzene rings is 1. The topological polar surface area (TPSA) is 92.1 Å². The maximum atomic E-state index is 13.2. The Labute approximate surface area is 150 Å². The predicted molar refractivity (Wildman–Crippen MR) is 93.3 cm³/mol. The minimum absolute atomic E-state index is 0.0336. The van der Waals surface area contributed by atoms with Gasteiger partial charge in [-0.25, -0.2) is 4.98 Å². The molecule has 0 spiro atoms. The molecule has 4 rings (SSSR count). The lowest BCUT2D eigenvalue weighted by Crippen LogP contribution is -2.41. The third kappa shape index (κ3) is 2.31. The SMILES string of the molecule is CCCCCN1C(=O)C(O)(c2cc3c(cc2O)OCO3)c2cccnc21. The Hall–Kier alpha value is -2.80. The maximum absolute atomic E-state index is 13.2. The van der Waals surface area contributed by atoms with Crippen LogP contribution in [0.3, 0.4) is 0 Å². The Morgan fingerprint density at radius 1 is 1.23 bits per heavy atom. The summed E-state index contributed by atoms with van der Waals surface area (Å²) >= 11 is 0. The third-order valence-electron chi connectivity index (χ3n) is 4.85. The summed E-state index contributed by atoms with van der Waals surface area (Å²) in [5.74, 6) is 0.445. The summed E-state index contributed by atoms with van der Waals surface area (Å²) in [4.78, 5) is 19.0. The zero-order valence-corrected chi connectivity index (χ0v) is 14.4. The van der Waals surface area contributed by atoms with E-state index in [1.54, 1.807) is 18.3 Å². The molecule has 0 saturated carbocycles. The second kappa shape index (κ2) is 6.17. The van der Waals surface area contributed by atoms with Crippen molar-refractivity contribution in [2.75, 3.05) is 18.2 Å². The lowest BCUT2D eigenvalue weighted by atomic mass is 9.87. The van der Waals surface area contributed by atoms with Gasteiger partial charge < -0.3 is 19.7 Å². The molecule has 1 aromatic carbocycles. The zero-order chi connectivity index (χ0) is 18.3. The minimum Gasteiger partial charge on any atom is -0.507 e. The summed E-state index contributed by atoms with van der Waals surface area (Å²) in [6.07, 6.45) is 4.38. The highest BCUT2D eigenvalue weighted by Crippen LogP contribution is 2.49. The zero-order valence-electron chi connectivity index (χ0n) is 14.4. The van der Waals surface area contributed by atoms with Crippen LogP contribution in [0.5, 0.6) is 17.2 Å². The Morgan fingerprint density at radius 2 is 2.00 bits per heavy atom. The average molecular weight is 356 g/mol. The molecule has 2 aliphatic heterocycles. The summed E-state index contributed by atoms with van der Waals surface area (Å²) in [5, 5.41) is 21.9. The molecule has 2 N–H and O–H groups in total. The van der Waals surface area contributed by atoms with Gasteiger partial charge in [-0.1, -0.05) is 19.8 Å². The first-order valence-corrected chi connectivity index (χ1v) is 8.70. The number of phenols is 1. The van der Waals surface area contributed by atoms with E-state index in [2.05, 4.69) is 11.9 Å². The number of carbonyl (C=O) groups excluding carboxylic acids is 1. The molecule has 3 heterocycles. The van der Waals surface area contributed by atoms with Gasteiger partial charge in [-0.2, -0.15) is 0 Å². The third-order valence-corrected chi connectivity index (χ3v) is 4.85. The van der Waals surface area contributed by atoms with Gasteiger partial charge in [-0.15, -0.1) is 0 Å². The molecular weight excluding hydrogens is 336 g/mol. The van der Waals surface area contributed by atoms with Crippen molar-refractivity contribution >= 4 is 11.7 Å². The van der Waals surface area contributed by atoms with Gasteiger partial charge in [0.25, 0.3) is 5.91 Å². The Morgan fingerprint density at radius 3 is 2.77 bits per heavy atom. The van der Waals surface area contributed by atoms with Gasteiger partial charge in [-0.3, -0.25) is 9.69 Å². The van der Waals surface area contributed by atoms with Crippen molar-refractivity contribution in [3.8, 4) is 17.2 Å². The number of carbonyl (C=O) groups is 1. The van der Waals surface area contributed by atoms with Crippen LogP contribution in [0.4, 0.5) is 5.82 Å². The fourth-order valence-corrected chi connectivity index (χ4v) is 3.51. The van der Waals surface area contributed by atoms with E-state index in [4.69, 9.17) is 9.47 Å². The van der Waals surface area contributed by atoms with E-state index in [1.165, 1.54) is 17.0 Å². The van der Waals surface area contributed by atoms with E-state index < -0.39 is 11.5 Å². The first-order chi connectivity index (χ1) is 12.6. The molecule has 26 heavy (non-hydrogen) atoms. The molecule has 0 aliphatic carbocycles. The fraction of sp³-hybridized carbons (Fsp3) is 0.368. The van der Waals surface area contributed by atoms with Crippen molar-refractivity contribution in [1.82, 2.24) is 4.98 Å². The van der Waals surface area contributed by atoms with Crippen LogP contribution in [0.1, 0.15) is 37.3 Å². The van der Waals surface area contributed by atoms with E-state index in [1.807, 2.05) is 0 Å². The van der Waals surface area contributed by atoms with Crippen LogP contribution in [0.15, 0.2) is 30.5 Å². The lowest BCUT2D eigenvalue weighted by molar-refractivity contribution is -0.132. The van der Waals surface area contributed by atoms with E-state index in [0.717, 1.165) is 19.3 Å². The van der Waals surface area contributed by atoms with Gasteiger partial charge in [0.2, 0.25) is 12.4 Å². The van der Waals surface area contributed by atoms with Crippen molar-refractivity contribution in [3.63, 3.8) is 0 Å². The Kier molecular flexibility index (Phi) is 3.96. The van der Waals surface area contributed by atoms with Crippen molar-refractivity contribution < 1.29 is 24.5 Å². The number of anilines is 1. The van der Waals surface area contributed by atoms with Crippen LogP contribution in [-0.2, 0) is 10.4 Å². The number of phenolic OH excluding ortho intramolecular Hbond substituents is 1. The molecular formula is C19H20N2O5. The monoisotopic (exact) mass is 356 g/mol. The first-order valence-electron chi connectivity index (χ1n) is 8.70. The number of hydrogen-bond donors (Lipinski definition) is 2. The Bertz CT molecular complexity index is 869. The normalized spacial score (nSPS) is 20.5. The number of aromatic nitrogens is 1. The highest BCUT2D eigenvalue weighted by Gasteiger charge is 2.53. The van der Waals surface area contributed by atoms with Gasteiger partial charge >= 0.3 is 0 Å². The number of rotatable bonds is 5. The second-order valence-corrected chi connectivity index (χ2v) is 6.47. The van der Waals surface area contributed by atoms with Gasteiger partial charge in [0.1, 0.15) is 11.6 Å². The molecule has 0 fully saturated rings. The number of pyridine rings is 1. The second-order valence-electron chi connectivity index (χ2n) is 6.47. The van der Waals surface area contributed by atoms with E-state index in [-0.39, 0.29) is 18.1 Å². The molecule has 7 heteroatoms. The molecule has 1 amide bonds. The molecule has 136 valence electrons. The standard InChI is InChI=1S/C19H20N2O5/c1-2-3-4-8-21-17-12(6-5-7-20-17)19(24,18(21)23)13-9-15-16(10-14(13)22)26-11-25-15/h5-7,9-10,22,24H,2-4,8,11H2,1H3. The number of hydrogen-bond acceptors (Lipinski definition) is 6. The van der Waals surface area contributed by atoms with Crippen molar-refractivity contribution in [3.05, 3.63) is 41.6 Å². The maximum Gasteiger partial charge on any atom is 0.269 e. The largest absolute Gasteiger partial charge is 0.507 e. The van der Waals surface area contributed by atoms with Crippen LogP contribution in [-0.4, -0.2) is 34.4 Å². The first kappa shape index (κ1) is 16.7. The van der Waals surface area contributed by atoms with Crippen LogP contribution in [0.25, 0.3) is 0 Å². The fourth-order valence-electron chi connectivity index (χ4n) is 3.51. The highest BCUT2D eigenvalue weighted by atomic mass is 16.7. The number of amides is 1. The number of aliphatic hydroxyl groups is 1. The van der Waals surface area contributed by atoms with Crippen LogP contribution < -0.4 is 14.4 Å². The summed E-state index contributed by atoms with van der Waals surface area (Å²) in [6, 6.07) is 6.14. The molecule has 0 saturated heterocycles. The van der Waals surface area contributed by atoms with E-state index in [0.29, 0.717) is 29.4 Å². The van der Waals surface area contributed by atoms with Gasteiger partial charge in [-0.05, 0) is 24.6 Å². The van der Waals surface area contributed by atoms with Crippen molar-refractivity contribution in [1.29, 1.82) is 0 Å². The molecule has 2 aliphatic rings. The smallest absolute Gasteiger partial charge is 0.269 e. The van der Waals surface area contributed by atoms with Crippen LogP contribution in [0.2, 0.25) is 0 Å². The molecule has 0 bridgehead atoms. The average Bonchev–Trinajstić information content (AvgIpc) is 3.18. The van der Waals surface area contributed by atoms with E-state index in [9.17, 15) is 15.0 Å². The molecule has 7 nitrogen and oxygen atoms in total. The molecule has 1 unspecified atom stereocenters. The summed E-state index contributed by atoms with van der Waals surface area (Å²) in [7, 11) is 0. The summed E-state index contributed by atoms with van der Waals surface area (Å²) < 4.78 is 10.6. The van der Waals surface area contributed by atoms with Gasteiger partial charge in [0.05, 0.1) is 0 Å². The summed E-state index contributed by atoms with van der Waals surface area (Å²) in [5.41, 5.74) is -1.59. The molecule has 0 radical (unpaired) electrons. The molecule has 2 aromatic rings. The number of nitrogens with zero attached hydrogens (tertiary/aromatic N) is 2. The Balaban J connectivity index is 1.82. The van der Waals surface area contributed by atoms with E-state index >= 15 is 0 Å². The summed E-state index contributed by atoms with van der Waals surface area (Å²) in [6.45, 7) is 2.58. The van der Waals surface area contributed by atoms with Crippen LogP contribution >= 0.6 is 0 Å². The van der Waals surface area contributed by atoms with Gasteiger partial charge in [0.15, 0.2) is 11.5 Å². The molecule has 1 atom stereocenters. The molecule has 1 aromatic heterocycles. The number of unbranched alkanes of at least 4 members (excludes halogenated alkanes) is 2. The lowest BCUT2D eigenvalue weighted by Gasteiger charge is -2.24. The van der Waals surface area contributed by atoms with Crippen LogP contribution in [0, 0.1) is 0 Å². The van der Waals surface area contributed by atoms with Crippen molar-refractivity contribution in [2.45, 2.75) is 31.8 Å². The minimum atomic E-state index is -2.01. The highest BCUT2D eigenvalue weighted by molar-refractivity contribution is 6.08. The number of aromatic hydroxyl groups is 1. The van der Waals surface area contributed by atoms with Crippen molar-refractivity contribution in [2.24, 2.45) is 0 Å². The van der Waals surface area contributed by atoms with Gasteiger partial charge in [0, 0.05) is 29.9 Å². The number of ether oxygens (including phenoxy) is 2. The number of fused-ring (bicyclic) bond motifs is 2. The quantitative estimate of drug-likeness (QED) is 0.799. The predicted octanol–water partition coefficient (Wildman–Crippen LogP) is 2.29.